The van der Waals surface area contributed by atoms with Crippen LogP contribution in [-0.4, -0.2) is 11.5 Å². The van der Waals surface area contributed by atoms with Crippen molar-refractivity contribution in [3.05, 3.63) is 59.9 Å². The number of nitrogens with one attached hydrogen (secondary N) is 1. The number of benzene rings is 2. The van der Waals surface area contributed by atoms with E-state index in [1.54, 1.807) is 12.1 Å². The van der Waals surface area contributed by atoms with E-state index in [1.807, 2.05) is 24.3 Å². The van der Waals surface area contributed by atoms with Crippen LogP contribution in [0.4, 0.5) is 15.8 Å². The van der Waals surface area contributed by atoms with Gasteiger partial charge in [-0.2, -0.15) is 0 Å². The molecule has 0 spiro atoms. The van der Waals surface area contributed by atoms with Crippen LogP contribution in [0.1, 0.15) is 38.3 Å². The quantitative estimate of drug-likeness (QED) is 0.790. The van der Waals surface area contributed by atoms with Crippen molar-refractivity contribution in [3.63, 3.8) is 0 Å². The van der Waals surface area contributed by atoms with E-state index in [2.05, 4.69) is 19.2 Å². The monoisotopic (exact) mass is 336 g/mol. The molecule has 0 saturated heterocycles. The second-order valence-electron chi connectivity index (χ2n) is 7.76. The largest absolute Gasteiger partial charge is 0.375 e. The molecule has 128 valence electrons. The molecule has 2 aliphatic rings. The lowest BCUT2D eigenvalue weighted by Crippen LogP contribution is -2.42. The Labute approximate surface area is 147 Å². The summed E-state index contributed by atoms with van der Waals surface area (Å²) in [6.45, 7) is 4.22. The number of ketones is 1. The molecule has 4 heteroatoms. The number of fused-ring (bicyclic) bond motifs is 2. The fourth-order valence-electron chi connectivity index (χ4n) is 3.96. The number of anilines is 1. The minimum absolute atomic E-state index is 0.0843. The van der Waals surface area contributed by atoms with Gasteiger partial charge in [0.15, 0.2) is 0 Å². The summed E-state index contributed by atoms with van der Waals surface area (Å²) >= 11 is 0. The molecule has 4 rings (SSSR count). The molecule has 1 aliphatic carbocycles. The standard InChI is InChI=1S/C21H21FN2O/c1-21(2)11-17-19(18(25)12-21)20(13-7-9-14(22)10-8-13)24-16-6-4-3-5-15(16)23-17/h3-10,19-20,24H,11-12H2,1-2H3/t19?,20-/m0/s1. The van der Waals surface area contributed by atoms with E-state index >= 15 is 0 Å². The van der Waals surface area contributed by atoms with E-state index in [9.17, 15) is 9.18 Å². The van der Waals surface area contributed by atoms with E-state index < -0.39 is 0 Å². The van der Waals surface area contributed by atoms with Gasteiger partial charge in [-0.15, -0.1) is 0 Å². The lowest BCUT2D eigenvalue weighted by atomic mass is 9.68. The minimum atomic E-state index is -0.314. The summed E-state index contributed by atoms with van der Waals surface area (Å²) in [7, 11) is 0. The van der Waals surface area contributed by atoms with Gasteiger partial charge in [-0.3, -0.25) is 9.79 Å². The highest BCUT2D eigenvalue weighted by atomic mass is 19.1. The smallest absolute Gasteiger partial charge is 0.144 e. The predicted molar refractivity (Wildman–Crippen MR) is 97.8 cm³/mol. The van der Waals surface area contributed by atoms with Gasteiger partial charge in [0.05, 0.1) is 23.3 Å². The van der Waals surface area contributed by atoms with Gasteiger partial charge in [-0.1, -0.05) is 38.1 Å². The first-order valence-electron chi connectivity index (χ1n) is 8.64. The Bertz CT molecular complexity index is 854. The number of nitrogens with zero attached hydrogens (tertiary/aromatic N) is 1. The number of halogens is 1. The first kappa shape index (κ1) is 16.0. The highest BCUT2D eigenvalue weighted by molar-refractivity contribution is 6.10. The van der Waals surface area contributed by atoms with Crippen LogP contribution in [0.5, 0.6) is 0 Å². The van der Waals surface area contributed by atoms with E-state index in [1.165, 1.54) is 12.1 Å². The van der Waals surface area contributed by atoms with Crippen molar-refractivity contribution in [1.82, 2.24) is 0 Å². The fourth-order valence-corrected chi connectivity index (χ4v) is 3.96. The van der Waals surface area contributed by atoms with Gasteiger partial charge in [-0.05, 0) is 41.7 Å². The Kier molecular flexibility index (Phi) is 3.71. The third kappa shape index (κ3) is 2.97. The Morgan fingerprint density at radius 3 is 2.56 bits per heavy atom. The van der Waals surface area contributed by atoms with Crippen molar-refractivity contribution in [2.75, 3.05) is 5.32 Å². The Morgan fingerprint density at radius 1 is 1.08 bits per heavy atom. The number of rotatable bonds is 1. The number of carbonyl (C=O) groups excluding carboxylic acids is 1. The molecule has 3 nitrogen and oxygen atoms in total. The van der Waals surface area contributed by atoms with Crippen LogP contribution in [0.15, 0.2) is 53.5 Å². The molecule has 25 heavy (non-hydrogen) atoms. The molecule has 1 saturated carbocycles. The molecule has 2 atom stereocenters. The molecule has 1 heterocycles. The van der Waals surface area contributed by atoms with Crippen LogP contribution in [0, 0.1) is 17.2 Å². The van der Waals surface area contributed by atoms with Crippen molar-refractivity contribution >= 4 is 22.9 Å². The molecule has 1 unspecified atom stereocenters. The Morgan fingerprint density at radius 2 is 1.80 bits per heavy atom. The van der Waals surface area contributed by atoms with E-state index in [4.69, 9.17) is 4.99 Å². The zero-order valence-corrected chi connectivity index (χ0v) is 14.4. The molecule has 1 N–H and O–H groups in total. The zero-order valence-electron chi connectivity index (χ0n) is 14.4. The van der Waals surface area contributed by atoms with Crippen molar-refractivity contribution in [2.24, 2.45) is 16.3 Å². The number of carbonyl (C=O) groups is 1. The number of Topliss-reactive ketones (excluding diaryl/α,β-unsaturated/α-hetero) is 1. The van der Waals surface area contributed by atoms with Gasteiger partial charge < -0.3 is 5.32 Å². The second kappa shape index (κ2) is 5.80. The fraction of sp³-hybridized carbons (Fsp3) is 0.333. The van der Waals surface area contributed by atoms with E-state index in [0.29, 0.717) is 6.42 Å². The number of aliphatic imine (C=N–C) groups is 1. The van der Waals surface area contributed by atoms with Gasteiger partial charge in [0.25, 0.3) is 0 Å². The lowest BCUT2D eigenvalue weighted by molar-refractivity contribution is -0.124. The normalized spacial score (nSPS) is 24.4. The van der Waals surface area contributed by atoms with Gasteiger partial charge in [0.1, 0.15) is 11.6 Å². The Hall–Kier alpha value is -2.49. The maximum atomic E-state index is 13.4. The van der Waals surface area contributed by atoms with Crippen LogP contribution in [-0.2, 0) is 4.79 Å². The van der Waals surface area contributed by atoms with Crippen molar-refractivity contribution < 1.29 is 9.18 Å². The first-order valence-corrected chi connectivity index (χ1v) is 8.64. The number of hydrogen-bond acceptors (Lipinski definition) is 3. The summed E-state index contributed by atoms with van der Waals surface area (Å²) in [5.41, 5.74) is 3.51. The molecule has 2 aromatic carbocycles. The molecule has 0 bridgehead atoms. The first-order chi connectivity index (χ1) is 11.9. The average Bonchev–Trinajstić information content (AvgIpc) is 2.70. The summed E-state index contributed by atoms with van der Waals surface area (Å²) in [5, 5.41) is 3.49. The highest BCUT2D eigenvalue weighted by Gasteiger charge is 2.43. The van der Waals surface area contributed by atoms with E-state index in [0.717, 1.165) is 29.1 Å². The third-order valence-electron chi connectivity index (χ3n) is 5.06. The molecular formula is C21H21FN2O. The molecule has 1 fully saturated rings. The lowest BCUT2D eigenvalue weighted by Gasteiger charge is -2.37. The zero-order chi connectivity index (χ0) is 17.6. The van der Waals surface area contributed by atoms with Gasteiger partial charge in [-0.25, -0.2) is 4.39 Å². The third-order valence-corrected chi connectivity index (χ3v) is 5.06. The van der Waals surface area contributed by atoms with Crippen LogP contribution in [0.3, 0.4) is 0 Å². The van der Waals surface area contributed by atoms with Gasteiger partial charge in [0, 0.05) is 12.1 Å². The van der Waals surface area contributed by atoms with Gasteiger partial charge in [0.2, 0.25) is 0 Å². The summed E-state index contributed by atoms with van der Waals surface area (Å²) < 4.78 is 13.4. The number of para-hydroxylation sites is 2. The summed E-state index contributed by atoms with van der Waals surface area (Å²) in [5.74, 6) is -0.390. The predicted octanol–water partition coefficient (Wildman–Crippen LogP) is 5.07. The number of hydrogen-bond donors (Lipinski definition) is 1. The second-order valence-corrected chi connectivity index (χ2v) is 7.76. The van der Waals surface area contributed by atoms with Crippen LogP contribution < -0.4 is 5.32 Å². The Balaban J connectivity index is 1.86. The van der Waals surface area contributed by atoms with Crippen molar-refractivity contribution in [3.8, 4) is 0 Å². The van der Waals surface area contributed by atoms with Crippen molar-refractivity contribution in [2.45, 2.75) is 32.7 Å². The van der Waals surface area contributed by atoms with E-state index in [-0.39, 0.29) is 29.0 Å². The topological polar surface area (TPSA) is 41.5 Å². The molecular weight excluding hydrogens is 315 g/mol. The van der Waals surface area contributed by atoms with Crippen LogP contribution in [0.25, 0.3) is 0 Å². The average molecular weight is 336 g/mol. The maximum absolute atomic E-state index is 13.4. The van der Waals surface area contributed by atoms with Crippen LogP contribution in [0.2, 0.25) is 0 Å². The molecule has 2 aromatic rings. The maximum Gasteiger partial charge on any atom is 0.144 e. The summed E-state index contributed by atoms with van der Waals surface area (Å²) in [6, 6.07) is 14.0. The SMILES string of the molecule is CC1(C)CC(=O)C2C(=Nc3ccccc3N[C@H]2c2ccc(F)cc2)C1. The summed E-state index contributed by atoms with van der Waals surface area (Å²) in [4.78, 5) is 17.9. The molecule has 0 radical (unpaired) electrons. The van der Waals surface area contributed by atoms with Crippen molar-refractivity contribution in [1.29, 1.82) is 0 Å². The minimum Gasteiger partial charge on any atom is -0.375 e. The highest BCUT2D eigenvalue weighted by Crippen LogP contribution is 2.44. The van der Waals surface area contributed by atoms with Gasteiger partial charge >= 0.3 is 0 Å². The summed E-state index contributed by atoms with van der Waals surface area (Å²) in [6.07, 6.45) is 1.32. The molecule has 0 amide bonds. The van der Waals surface area contributed by atoms with Crippen LogP contribution >= 0.6 is 0 Å². The molecule has 1 aliphatic heterocycles. The molecule has 0 aromatic heterocycles.